The van der Waals surface area contributed by atoms with E-state index in [0.29, 0.717) is 22.9 Å². The molecule has 1 fully saturated rings. The number of rotatable bonds is 3. The molecule has 122 valence electrons. The molecule has 1 aliphatic heterocycles. The maximum Gasteiger partial charge on any atom is 0.230 e. The zero-order chi connectivity index (χ0) is 16.9. The van der Waals surface area contributed by atoms with Gasteiger partial charge in [-0.1, -0.05) is 11.6 Å². The summed E-state index contributed by atoms with van der Waals surface area (Å²) in [7, 11) is 0. The van der Waals surface area contributed by atoms with Crippen molar-refractivity contribution >= 4 is 29.0 Å². The average molecular weight is 341 g/mol. The Kier molecular flexibility index (Phi) is 4.97. The average Bonchev–Trinajstić information content (AvgIpc) is 2.64. The predicted molar refractivity (Wildman–Crippen MR) is 94.0 cm³/mol. The second-order valence-electron chi connectivity index (χ2n) is 5.79. The second kappa shape index (κ2) is 7.33. The Bertz CT molecular complexity index is 752. The minimum atomic E-state index is -0.0909. The number of carbonyl (C=O) groups excluding carboxylic acids is 1. The number of hydrogen-bond donors (Lipinski definition) is 1. The van der Waals surface area contributed by atoms with Crippen LogP contribution in [0.3, 0.4) is 0 Å². The molecule has 6 heteroatoms. The van der Waals surface area contributed by atoms with E-state index >= 15 is 0 Å². The molecule has 5 nitrogen and oxygen atoms in total. The van der Waals surface area contributed by atoms with Crippen molar-refractivity contribution in [2.45, 2.75) is 12.8 Å². The summed E-state index contributed by atoms with van der Waals surface area (Å²) in [6, 6.07) is 13.0. The van der Waals surface area contributed by atoms with Gasteiger partial charge in [-0.05, 0) is 49.2 Å². The van der Waals surface area contributed by atoms with Gasteiger partial charge in [0.05, 0.1) is 22.6 Å². The maximum absolute atomic E-state index is 12.5. The Morgan fingerprint density at radius 3 is 2.75 bits per heavy atom. The first-order valence-electron chi connectivity index (χ1n) is 7.83. The molecule has 1 atom stereocenters. The highest BCUT2D eigenvalue weighted by molar-refractivity contribution is 6.30. The summed E-state index contributed by atoms with van der Waals surface area (Å²) in [5, 5.41) is 12.3. The van der Waals surface area contributed by atoms with E-state index in [2.05, 4.69) is 21.3 Å². The van der Waals surface area contributed by atoms with E-state index in [4.69, 9.17) is 16.9 Å². The molecule has 0 bridgehead atoms. The molecular formula is C18H17ClN4O. The minimum absolute atomic E-state index is 0.0248. The van der Waals surface area contributed by atoms with E-state index in [9.17, 15) is 4.79 Å². The molecule has 1 aromatic heterocycles. The third-order valence-electron chi connectivity index (χ3n) is 4.13. The summed E-state index contributed by atoms with van der Waals surface area (Å²) in [5.41, 5.74) is 1.68. The first-order valence-corrected chi connectivity index (χ1v) is 8.21. The van der Waals surface area contributed by atoms with Gasteiger partial charge in [0.25, 0.3) is 0 Å². The highest BCUT2D eigenvalue weighted by Gasteiger charge is 2.26. The monoisotopic (exact) mass is 340 g/mol. The van der Waals surface area contributed by atoms with Gasteiger partial charge in [-0.25, -0.2) is 4.98 Å². The van der Waals surface area contributed by atoms with Gasteiger partial charge in [0.15, 0.2) is 0 Å². The molecule has 0 spiro atoms. The second-order valence-corrected chi connectivity index (χ2v) is 6.23. The molecule has 1 saturated heterocycles. The van der Waals surface area contributed by atoms with Crippen LogP contribution in [0, 0.1) is 17.2 Å². The zero-order valence-electron chi connectivity index (χ0n) is 13.1. The number of nitrogens with zero attached hydrogens (tertiary/aromatic N) is 3. The van der Waals surface area contributed by atoms with Gasteiger partial charge in [0, 0.05) is 25.0 Å². The summed E-state index contributed by atoms with van der Waals surface area (Å²) < 4.78 is 0. The third kappa shape index (κ3) is 3.84. The van der Waals surface area contributed by atoms with Crippen molar-refractivity contribution in [3.05, 3.63) is 53.2 Å². The summed E-state index contributed by atoms with van der Waals surface area (Å²) in [4.78, 5) is 18.8. The van der Waals surface area contributed by atoms with Crippen molar-refractivity contribution in [1.29, 1.82) is 5.26 Å². The quantitative estimate of drug-likeness (QED) is 0.929. The van der Waals surface area contributed by atoms with E-state index in [1.807, 2.05) is 12.1 Å². The lowest BCUT2D eigenvalue weighted by molar-refractivity contribution is -0.120. The first-order chi connectivity index (χ1) is 11.7. The minimum Gasteiger partial charge on any atom is -0.371 e. The molecule has 1 amide bonds. The number of piperidine rings is 1. The van der Waals surface area contributed by atoms with Crippen LogP contribution in [0.1, 0.15) is 18.4 Å². The molecular weight excluding hydrogens is 324 g/mol. The van der Waals surface area contributed by atoms with E-state index in [-0.39, 0.29) is 11.8 Å². The molecule has 0 saturated carbocycles. The van der Waals surface area contributed by atoms with Crippen molar-refractivity contribution in [3.8, 4) is 6.07 Å². The van der Waals surface area contributed by atoms with Crippen LogP contribution in [0.5, 0.6) is 0 Å². The fourth-order valence-electron chi connectivity index (χ4n) is 2.85. The van der Waals surface area contributed by atoms with Crippen molar-refractivity contribution in [2.24, 2.45) is 5.92 Å². The van der Waals surface area contributed by atoms with Gasteiger partial charge in [-0.3, -0.25) is 4.79 Å². The Balaban J connectivity index is 1.65. The smallest absolute Gasteiger partial charge is 0.230 e. The number of benzene rings is 1. The van der Waals surface area contributed by atoms with Crippen LogP contribution in [0.4, 0.5) is 11.5 Å². The summed E-state index contributed by atoms with van der Waals surface area (Å²) in [6.45, 7) is 1.57. The third-order valence-corrected chi connectivity index (χ3v) is 4.36. The summed E-state index contributed by atoms with van der Waals surface area (Å²) in [5.74, 6) is 0.398. The van der Waals surface area contributed by atoms with Crippen molar-refractivity contribution in [3.63, 3.8) is 0 Å². The Morgan fingerprint density at radius 2 is 2.08 bits per heavy atom. The highest BCUT2D eigenvalue weighted by atomic mass is 35.5. The number of anilines is 2. The Hall–Kier alpha value is -2.58. The molecule has 3 rings (SSSR count). The van der Waals surface area contributed by atoms with Gasteiger partial charge < -0.3 is 10.2 Å². The molecule has 24 heavy (non-hydrogen) atoms. The fraction of sp³-hybridized carbons (Fsp3) is 0.278. The standard InChI is InChI=1S/C18H17ClN4O/c19-15-5-8-17(21-11-15)22-18(24)14-2-1-9-23(12-14)16-6-3-13(10-20)4-7-16/h3-8,11,14H,1-2,9,12H2,(H,21,22,24). The number of carbonyl (C=O) groups is 1. The van der Waals surface area contributed by atoms with E-state index < -0.39 is 0 Å². The topological polar surface area (TPSA) is 69.0 Å². The summed E-state index contributed by atoms with van der Waals surface area (Å²) >= 11 is 5.80. The number of amides is 1. The number of hydrogen-bond acceptors (Lipinski definition) is 4. The molecule has 0 radical (unpaired) electrons. The molecule has 0 aliphatic carbocycles. The van der Waals surface area contributed by atoms with E-state index in [1.54, 1.807) is 24.3 Å². The first kappa shape index (κ1) is 16.3. The van der Waals surface area contributed by atoms with Gasteiger partial charge in [-0.15, -0.1) is 0 Å². The Morgan fingerprint density at radius 1 is 1.29 bits per heavy atom. The number of halogens is 1. The van der Waals surface area contributed by atoms with Gasteiger partial charge >= 0.3 is 0 Å². The molecule has 1 aliphatic rings. The van der Waals surface area contributed by atoms with Gasteiger partial charge in [0.1, 0.15) is 5.82 Å². The maximum atomic E-state index is 12.5. The number of pyridine rings is 1. The molecule has 2 heterocycles. The number of nitriles is 1. The molecule has 2 aromatic rings. The van der Waals surface area contributed by atoms with Crippen LogP contribution in [0.2, 0.25) is 5.02 Å². The van der Waals surface area contributed by atoms with Crippen LogP contribution in [-0.4, -0.2) is 24.0 Å². The summed E-state index contributed by atoms with van der Waals surface area (Å²) in [6.07, 6.45) is 3.32. The van der Waals surface area contributed by atoms with E-state index in [0.717, 1.165) is 25.1 Å². The normalized spacial score (nSPS) is 17.2. The highest BCUT2D eigenvalue weighted by Crippen LogP contribution is 2.24. The number of aromatic nitrogens is 1. The number of nitrogens with one attached hydrogen (secondary N) is 1. The van der Waals surface area contributed by atoms with Crippen LogP contribution < -0.4 is 10.2 Å². The lowest BCUT2D eigenvalue weighted by Gasteiger charge is -2.33. The fourth-order valence-corrected chi connectivity index (χ4v) is 2.96. The van der Waals surface area contributed by atoms with Gasteiger partial charge in [0.2, 0.25) is 5.91 Å². The Labute approximate surface area is 145 Å². The van der Waals surface area contributed by atoms with Crippen molar-refractivity contribution in [1.82, 2.24) is 4.98 Å². The molecule has 1 N–H and O–H groups in total. The lowest BCUT2D eigenvalue weighted by Crippen LogP contribution is -2.40. The molecule has 1 aromatic carbocycles. The zero-order valence-corrected chi connectivity index (χ0v) is 13.8. The van der Waals surface area contributed by atoms with Gasteiger partial charge in [-0.2, -0.15) is 5.26 Å². The van der Waals surface area contributed by atoms with Crippen molar-refractivity contribution in [2.75, 3.05) is 23.3 Å². The predicted octanol–water partition coefficient (Wildman–Crippen LogP) is 3.46. The lowest BCUT2D eigenvalue weighted by atomic mass is 9.96. The largest absolute Gasteiger partial charge is 0.371 e. The molecule has 1 unspecified atom stereocenters. The SMILES string of the molecule is N#Cc1ccc(N2CCCC(C(=O)Nc3ccc(Cl)cn3)C2)cc1. The van der Waals surface area contributed by atoms with Crippen LogP contribution in [0.15, 0.2) is 42.6 Å². The van der Waals surface area contributed by atoms with Crippen LogP contribution in [0.25, 0.3) is 0 Å². The van der Waals surface area contributed by atoms with Crippen LogP contribution in [-0.2, 0) is 4.79 Å². The van der Waals surface area contributed by atoms with Crippen molar-refractivity contribution < 1.29 is 4.79 Å². The van der Waals surface area contributed by atoms with Crippen LogP contribution >= 0.6 is 11.6 Å². The van der Waals surface area contributed by atoms with E-state index in [1.165, 1.54) is 6.20 Å².